The van der Waals surface area contributed by atoms with Gasteiger partial charge in [0.25, 0.3) is 0 Å². The molecule has 1 aromatic heterocycles. The summed E-state index contributed by atoms with van der Waals surface area (Å²) in [5, 5.41) is 0.663. The van der Waals surface area contributed by atoms with Crippen LogP contribution in [0.25, 0.3) is 11.4 Å². The molecule has 25 heavy (non-hydrogen) atoms. The number of hydrogen-bond donors (Lipinski definition) is 1. The lowest BCUT2D eigenvalue weighted by Gasteiger charge is -2.28. The molecule has 2 heterocycles. The van der Waals surface area contributed by atoms with Crippen molar-refractivity contribution < 1.29 is 4.79 Å². The van der Waals surface area contributed by atoms with Crippen molar-refractivity contribution >= 4 is 23.3 Å². The Kier molecular flexibility index (Phi) is 4.34. The molecule has 2 aliphatic rings. The standard InChI is InChI=1S/C19H21ClN4O/c20-13-6-3-5-12(11-13)18-22-15-8-2-1-7-14(15)19(23-18)24-10-4-9-16(24)17(21)25/h3,5-6,11,16H,1-2,4,7-10H2,(H2,21,25). The Bertz CT molecular complexity index is 823. The van der Waals surface area contributed by atoms with Crippen LogP contribution in [-0.4, -0.2) is 28.5 Å². The second-order valence-electron chi connectivity index (χ2n) is 6.77. The minimum atomic E-state index is -0.273. The number of anilines is 1. The average molecular weight is 357 g/mol. The lowest BCUT2D eigenvalue weighted by atomic mass is 9.95. The third-order valence-electron chi connectivity index (χ3n) is 5.10. The SMILES string of the molecule is NC(=O)C1CCCN1c1nc(-c2cccc(Cl)c2)nc2c1CCCC2. The van der Waals surface area contributed by atoms with Gasteiger partial charge in [-0.15, -0.1) is 0 Å². The van der Waals surface area contributed by atoms with Gasteiger partial charge in [0.05, 0.1) is 0 Å². The van der Waals surface area contributed by atoms with Gasteiger partial charge in [0, 0.05) is 28.4 Å². The van der Waals surface area contributed by atoms with Crippen molar-refractivity contribution in [1.82, 2.24) is 9.97 Å². The smallest absolute Gasteiger partial charge is 0.240 e. The summed E-state index contributed by atoms with van der Waals surface area (Å²) in [7, 11) is 0. The van der Waals surface area contributed by atoms with Crippen LogP contribution in [0.4, 0.5) is 5.82 Å². The van der Waals surface area contributed by atoms with E-state index in [2.05, 4.69) is 4.90 Å². The summed E-state index contributed by atoms with van der Waals surface area (Å²) in [4.78, 5) is 23.6. The molecule has 130 valence electrons. The van der Waals surface area contributed by atoms with Crippen molar-refractivity contribution in [3.8, 4) is 11.4 Å². The number of aryl methyl sites for hydroxylation is 1. The Morgan fingerprint density at radius 3 is 2.84 bits per heavy atom. The van der Waals surface area contributed by atoms with Crippen LogP contribution >= 0.6 is 11.6 Å². The fraction of sp³-hybridized carbons (Fsp3) is 0.421. The van der Waals surface area contributed by atoms with Gasteiger partial charge in [0.2, 0.25) is 5.91 Å². The first-order valence-corrected chi connectivity index (χ1v) is 9.23. The maximum absolute atomic E-state index is 11.9. The Balaban J connectivity index is 1.84. The first-order chi connectivity index (χ1) is 12.1. The van der Waals surface area contributed by atoms with Crippen LogP contribution in [0.3, 0.4) is 0 Å². The van der Waals surface area contributed by atoms with Crippen molar-refractivity contribution in [2.45, 2.75) is 44.6 Å². The van der Waals surface area contributed by atoms with Crippen molar-refractivity contribution in [1.29, 1.82) is 0 Å². The minimum absolute atomic E-state index is 0.270. The van der Waals surface area contributed by atoms with Gasteiger partial charge in [-0.3, -0.25) is 4.79 Å². The molecule has 5 nitrogen and oxygen atoms in total. The number of nitrogens with zero attached hydrogens (tertiary/aromatic N) is 3. The second kappa shape index (κ2) is 6.64. The molecule has 0 bridgehead atoms. The number of carbonyl (C=O) groups is 1. The summed E-state index contributed by atoms with van der Waals surface area (Å²) >= 11 is 6.14. The lowest BCUT2D eigenvalue weighted by molar-refractivity contribution is -0.119. The first kappa shape index (κ1) is 16.3. The number of benzene rings is 1. The first-order valence-electron chi connectivity index (χ1n) is 8.85. The number of rotatable bonds is 3. The summed E-state index contributed by atoms with van der Waals surface area (Å²) in [5.74, 6) is 1.29. The summed E-state index contributed by atoms with van der Waals surface area (Å²) in [6.45, 7) is 0.812. The highest BCUT2D eigenvalue weighted by molar-refractivity contribution is 6.30. The molecule has 1 atom stereocenters. The Hall–Kier alpha value is -2.14. The summed E-state index contributed by atoms with van der Waals surface area (Å²) in [5.41, 5.74) is 8.81. The van der Waals surface area contributed by atoms with Gasteiger partial charge < -0.3 is 10.6 Å². The zero-order chi connectivity index (χ0) is 17.4. The molecule has 2 aromatic rings. The molecular weight excluding hydrogens is 336 g/mol. The molecule has 0 spiro atoms. The van der Waals surface area contributed by atoms with Crippen LogP contribution in [0.15, 0.2) is 24.3 Å². The van der Waals surface area contributed by atoms with Crippen LogP contribution in [0.5, 0.6) is 0 Å². The molecule has 1 aromatic carbocycles. The molecule has 4 rings (SSSR count). The van der Waals surface area contributed by atoms with Gasteiger partial charge in [0.1, 0.15) is 11.9 Å². The monoisotopic (exact) mass is 356 g/mol. The molecular formula is C19H21ClN4O. The molecule has 1 aliphatic carbocycles. The number of amides is 1. The third-order valence-corrected chi connectivity index (χ3v) is 5.33. The van der Waals surface area contributed by atoms with E-state index in [0.29, 0.717) is 10.8 Å². The van der Waals surface area contributed by atoms with Crippen LogP contribution in [-0.2, 0) is 17.6 Å². The van der Waals surface area contributed by atoms with Crippen LogP contribution in [0.1, 0.15) is 36.9 Å². The second-order valence-corrected chi connectivity index (χ2v) is 7.20. The van der Waals surface area contributed by atoms with Crippen LogP contribution in [0, 0.1) is 0 Å². The molecule has 6 heteroatoms. The van der Waals surface area contributed by atoms with Gasteiger partial charge in [-0.1, -0.05) is 23.7 Å². The van der Waals surface area contributed by atoms with E-state index in [1.807, 2.05) is 24.3 Å². The number of nitrogens with two attached hydrogens (primary N) is 1. The van der Waals surface area contributed by atoms with E-state index >= 15 is 0 Å². The number of carbonyl (C=O) groups excluding carboxylic acids is 1. The molecule has 0 radical (unpaired) electrons. The van der Waals surface area contributed by atoms with Gasteiger partial charge in [-0.25, -0.2) is 9.97 Å². The predicted octanol–water partition coefficient (Wildman–Crippen LogP) is 3.13. The van der Waals surface area contributed by atoms with E-state index in [9.17, 15) is 4.79 Å². The van der Waals surface area contributed by atoms with E-state index < -0.39 is 0 Å². The van der Waals surface area contributed by atoms with Crippen molar-refractivity contribution in [3.05, 3.63) is 40.5 Å². The zero-order valence-corrected chi connectivity index (χ0v) is 14.8. The molecule has 0 saturated carbocycles. The highest BCUT2D eigenvalue weighted by atomic mass is 35.5. The van der Waals surface area contributed by atoms with E-state index in [-0.39, 0.29) is 11.9 Å². The van der Waals surface area contributed by atoms with Gasteiger partial charge >= 0.3 is 0 Å². The Morgan fingerprint density at radius 2 is 2.04 bits per heavy atom. The normalized spacial score (nSPS) is 19.7. The maximum Gasteiger partial charge on any atom is 0.240 e. The maximum atomic E-state index is 11.9. The van der Waals surface area contributed by atoms with E-state index in [0.717, 1.165) is 62.1 Å². The topological polar surface area (TPSA) is 72.1 Å². The number of fused-ring (bicyclic) bond motifs is 1. The van der Waals surface area contributed by atoms with Gasteiger partial charge in [-0.2, -0.15) is 0 Å². The van der Waals surface area contributed by atoms with Crippen molar-refractivity contribution in [2.75, 3.05) is 11.4 Å². The van der Waals surface area contributed by atoms with Crippen molar-refractivity contribution in [3.63, 3.8) is 0 Å². The number of primary amides is 1. The van der Waals surface area contributed by atoms with E-state index in [1.54, 1.807) is 0 Å². The minimum Gasteiger partial charge on any atom is -0.368 e. The Labute approximate surface area is 152 Å². The van der Waals surface area contributed by atoms with Crippen molar-refractivity contribution in [2.24, 2.45) is 5.73 Å². The fourth-order valence-electron chi connectivity index (χ4n) is 3.88. The molecule has 1 saturated heterocycles. The molecule has 1 fully saturated rings. The highest BCUT2D eigenvalue weighted by Gasteiger charge is 2.33. The van der Waals surface area contributed by atoms with Crippen LogP contribution < -0.4 is 10.6 Å². The summed E-state index contributed by atoms with van der Waals surface area (Å²) < 4.78 is 0. The molecule has 1 aliphatic heterocycles. The zero-order valence-electron chi connectivity index (χ0n) is 14.0. The number of hydrogen-bond acceptors (Lipinski definition) is 4. The molecule has 1 unspecified atom stereocenters. The van der Waals surface area contributed by atoms with E-state index in [1.165, 1.54) is 5.56 Å². The largest absolute Gasteiger partial charge is 0.368 e. The quantitative estimate of drug-likeness (QED) is 0.917. The number of aromatic nitrogens is 2. The summed E-state index contributed by atoms with van der Waals surface area (Å²) in [6, 6.07) is 7.32. The fourth-order valence-corrected chi connectivity index (χ4v) is 4.07. The lowest BCUT2D eigenvalue weighted by Crippen LogP contribution is -2.41. The number of halogens is 1. The highest BCUT2D eigenvalue weighted by Crippen LogP contribution is 2.34. The molecule has 2 N–H and O–H groups in total. The molecule has 1 amide bonds. The summed E-state index contributed by atoms with van der Waals surface area (Å²) in [6.07, 6.45) is 5.93. The average Bonchev–Trinajstić information content (AvgIpc) is 3.10. The van der Waals surface area contributed by atoms with E-state index in [4.69, 9.17) is 27.3 Å². The van der Waals surface area contributed by atoms with Gasteiger partial charge in [-0.05, 0) is 50.7 Å². The predicted molar refractivity (Wildman–Crippen MR) is 98.7 cm³/mol. The van der Waals surface area contributed by atoms with Crippen LogP contribution in [0.2, 0.25) is 5.02 Å². The third kappa shape index (κ3) is 3.09. The van der Waals surface area contributed by atoms with Gasteiger partial charge in [0.15, 0.2) is 5.82 Å². The Morgan fingerprint density at radius 1 is 1.20 bits per heavy atom.